The lowest BCUT2D eigenvalue weighted by atomic mass is 9.83. The fourth-order valence-electron chi connectivity index (χ4n) is 2.74. The van der Waals surface area contributed by atoms with Crippen molar-refractivity contribution in [1.29, 1.82) is 5.26 Å². The molecule has 0 atom stereocenters. The Kier molecular flexibility index (Phi) is 5.16. The molecule has 5 heteroatoms. The molecule has 1 aliphatic rings. The second-order valence-electron chi connectivity index (χ2n) is 5.79. The quantitative estimate of drug-likeness (QED) is 0.819. The van der Waals surface area contributed by atoms with E-state index in [0.717, 1.165) is 37.8 Å². The second-order valence-corrected chi connectivity index (χ2v) is 5.79. The Labute approximate surface area is 130 Å². The number of ketones is 1. The van der Waals surface area contributed by atoms with Gasteiger partial charge < -0.3 is 10.6 Å². The number of hydrogen-bond acceptors (Lipinski definition) is 4. The summed E-state index contributed by atoms with van der Waals surface area (Å²) in [7, 11) is 0. The van der Waals surface area contributed by atoms with Crippen LogP contribution in [-0.4, -0.2) is 23.8 Å². The summed E-state index contributed by atoms with van der Waals surface area (Å²) < 4.78 is 0. The van der Waals surface area contributed by atoms with E-state index in [1.54, 1.807) is 24.3 Å². The highest BCUT2D eigenvalue weighted by Gasteiger charge is 2.33. The zero-order valence-electron chi connectivity index (χ0n) is 12.8. The molecular formula is C17H21N3O2. The van der Waals surface area contributed by atoms with E-state index < -0.39 is 5.54 Å². The molecule has 0 unspecified atom stereocenters. The second kappa shape index (κ2) is 7.08. The molecule has 22 heavy (non-hydrogen) atoms. The fourth-order valence-corrected chi connectivity index (χ4v) is 2.74. The van der Waals surface area contributed by atoms with Crippen molar-refractivity contribution in [3.05, 3.63) is 29.8 Å². The van der Waals surface area contributed by atoms with Gasteiger partial charge in [-0.2, -0.15) is 5.26 Å². The molecule has 0 bridgehead atoms. The van der Waals surface area contributed by atoms with Gasteiger partial charge in [-0.15, -0.1) is 0 Å². The number of anilines is 1. The Morgan fingerprint density at radius 3 is 2.36 bits per heavy atom. The predicted octanol–water partition coefficient (Wildman–Crippen LogP) is 2.64. The van der Waals surface area contributed by atoms with Crippen molar-refractivity contribution in [3.63, 3.8) is 0 Å². The molecule has 1 amide bonds. The van der Waals surface area contributed by atoms with Crippen LogP contribution in [0.5, 0.6) is 0 Å². The van der Waals surface area contributed by atoms with Crippen molar-refractivity contribution in [2.24, 2.45) is 0 Å². The van der Waals surface area contributed by atoms with E-state index in [-0.39, 0.29) is 18.2 Å². The zero-order chi connectivity index (χ0) is 16.0. The van der Waals surface area contributed by atoms with E-state index in [1.807, 2.05) is 0 Å². The third-order valence-corrected chi connectivity index (χ3v) is 4.04. The summed E-state index contributed by atoms with van der Waals surface area (Å²) in [6.07, 6.45) is 4.53. The lowest BCUT2D eigenvalue weighted by molar-refractivity contribution is -0.121. The number of carbonyl (C=O) groups is 2. The molecule has 1 fully saturated rings. The van der Waals surface area contributed by atoms with Gasteiger partial charge in [0.1, 0.15) is 5.54 Å². The average Bonchev–Trinajstić information content (AvgIpc) is 2.54. The van der Waals surface area contributed by atoms with Crippen molar-refractivity contribution in [1.82, 2.24) is 5.32 Å². The van der Waals surface area contributed by atoms with Crippen molar-refractivity contribution >= 4 is 17.4 Å². The average molecular weight is 299 g/mol. The standard InChI is InChI=1S/C17H21N3O2/c1-13(21)14-5-7-15(8-6-14)19-11-16(22)20-17(12-18)9-3-2-4-10-17/h5-8,19H,2-4,9-11H2,1H3,(H,20,22). The topological polar surface area (TPSA) is 82.0 Å². The zero-order valence-corrected chi connectivity index (χ0v) is 12.8. The van der Waals surface area contributed by atoms with Gasteiger partial charge in [0.05, 0.1) is 12.6 Å². The molecular weight excluding hydrogens is 278 g/mol. The molecule has 0 spiro atoms. The lowest BCUT2D eigenvalue weighted by Crippen LogP contribution is -2.50. The van der Waals surface area contributed by atoms with E-state index >= 15 is 0 Å². The van der Waals surface area contributed by atoms with Crippen LogP contribution >= 0.6 is 0 Å². The summed E-state index contributed by atoms with van der Waals surface area (Å²) >= 11 is 0. The van der Waals surface area contributed by atoms with Gasteiger partial charge in [0, 0.05) is 11.3 Å². The Bertz CT molecular complexity index is 581. The summed E-state index contributed by atoms with van der Waals surface area (Å²) in [6, 6.07) is 9.25. The monoisotopic (exact) mass is 299 g/mol. The minimum Gasteiger partial charge on any atom is -0.376 e. The van der Waals surface area contributed by atoms with E-state index in [2.05, 4.69) is 16.7 Å². The summed E-state index contributed by atoms with van der Waals surface area (Å²) in [5, 5.41) is 15.2. The summed E-state index contributed by atoms with van der Waals surface area (Å²) in [4.78, 5) is 23.2. The third-order valence-electron chi connectivity index (χ3n) is 4.04. The molecule has 1 aromatic carbocycles. The van der Waals surface area contributed by atoms with Crippen molar-refractivity contribution in [3.8, 4) is 6.07 Å². The first-order valence-corrected chi connectivity index (χ1v) is 7.62. The van der Waals surface area contributed by atoms with Gasteiger partial charge >= 0.3 is 0 Å². The van der Waals surface area contributed by atoms with E-state index in [9.17, 15) is 14.9 Å². The van der Waals surface area contributed by atoms with Crippen LogP contribution in [-0.2, 0) is 4.79 Å². The number of amides is 1. The molecule has 1 aliphatic carbocycles. The minimum atomic E-state index is -0.699. The molecule has 0 heterocycles. The summed E-state index contributed by atoms with van der Waals surface area (Å²) in [6.45, 7) is 1.63. The number of Topliss-reactive ketones (excluding diaryl/α,β-unsaturated/α-hetero) is 1. The molecule has 116 valence electrons. The first-order chi connectivity index (χ1) is 10.5. The SMILES string of the molecule is CC(=O)c1ccc(NCC(=O)NC2(C#N)CCCCC2)cc1. The highest BCUT2D eigenvalue weighted by Crippen LogP contribution is 2.27. The first-order valence-electron chi connectivity index (χ1n) is 7.62. The van der Waals surface area contributed by atoms with Crippen LogP contribution in [0.3, 0.4) is 0 Å². The number of rotatable bonds is 5. The normalized spacial score (nSPS) is 16.4. The Hall–Kier alpha value is -2.35. The number of carbonyl (C=O) groups excluding carboxylic acids is 2. The van der Waals surface area contributed by atoms with Crippen LogP contribution in [0.4, 0.5) is 5.69 Å². The maximum Gasteiger partial charge on any atom is 0.240 e. The predicted molar refractivity (Wildman–Crippen MR) is 84.5 cm³/mol. The molecule has 0 aliphatic heterocycles. The summed E-state index contributed by atoms with van der Waals surface area (Å²) in [5.74, 6) is -0.170. The highest BCUT2D eigenvalue weighted by molar-refractivity contribution is 5.94. The number of nitrogens with one attached hydrogen (secondary N) is 2. The Balaban J connectivity index is 1.87. The molecule has 0 radical (unpaired) electrons. The third kappa shape index (κ3) is 4.08. The Morgan fingerprint density at radius 1 is 1.18 bits per heavy atom. The van der Waals surface area contributed by atoms with Crippen LogP contribution < -0.4 is 10.6 Å². The molecule has 0 saturated heterocycles. The largest absolute Gasteiger partial charge is 0.376 e. The molecule has 0 aromatic heterocycles. The molecule has 2 N–H and O–H groups in total. The van der Waals surface area contributed by atoms with Gasteiger partial charge in [0.15, 0.2) is 5.78 Å². The highest BCUT2D eigenvalue weighted by atomic mass is 16.2. The van der Waals surface area contributed by atoms with Crippen LogP contribution in [0.15, 0.2) is 24.3 Å². The van der Waals surface area contributed by atoms with Gasteiger partial charge in [0.25, 0.3) is 0 Å². The van der Waals surface area contributed by atoms with Gasteiger partial charge in [-0.05, 0) is 44.0 Å². The molecule has 5 nitrogen and oxygen atoms in total. The molecule has 2 rings (SSSR count). The van der Waals surface area contributed by atoms with Crippen LogP contribution in [0.1, 0.15) is 49.4 Å². The first kappa shape index (κ1) is 16.0. The summed E-state index contributed by atoms with van der Waals surface area (Å²) in [5.41, 5.74) is 0.714. The van der Waals surface area contributed by atoms with Gasteiger partial charge in [-0.1, -0.05) is 19.3 Å². The van der Waals surface area contributed by atoms with Crippen molar-refractivity contribution in [2.45, 2.75) is 44.6 Å². The molecule has 1 saturated carbocycles. The number of benzene rings is 1. The molecule has 1 aromatic rings. The number of hydrogen-bond donors (Lipinski definition) is 2. The number of nitriles is 1. The maximum absolute atomic E-state index is 12.0. The Morgan fingerprint density at radius 2 is 1.82 bits per heavy atom. The smallest absolute Gasteiger partial charge is 0.240 e. The van der Waals surface area contributed by atoms with Gasteiger partial charge in [0.2, 0.25) is 5.91 Å². The van der Waals surface area contributed by atoms with Crippen LogP contribution in [0, 0.1) is 11.3 Å². The fraction of sp³-hybridized carbons (Fsp3) is 0.471. The van der Waals surface area contributed by atoms with E-state index in [0.29, 0.717) is 5.56 Å². The van der Waals surface area contributed by atoms with Crippen molar-refractivity contribution < 1.29 is 9.59 Å². The van der Waals surface area contributed by atoms with Gasteiger partial charge in [-0.3, -0.25) is 9.59 Å². The maximum atomic E-state index is 12.0. The van der Waals surface area contributed by atoms with Crippen molar-refractivity contribution in [2.75, 3.05) is 11.9 Å². The lowest BCUT2D eigenvalue weighted by Gasteiger charge is -2.31. The van der Waals surface area contributed by atoms with Gasteiger partial charge in [-0.25, -0.2) is 0 Å². The number of nitrogens with zero attached hydrogens (tertiary/aromatic N) is 1. The van der Waals surface area contributed by atoms with Crippen LogP contribution in [0.25, 0.3) is 0 Å². The van der Waals surface area contributed by atoms with E-state index in [1.165, 1.54) is 6.92 Å². The minimum absolute atomic E-state index is 0.0116. The van der Waals surface area contributed by atoms with Crippen LogP contribution in [0.2, 0.25) is 0 Å². The van der Waals surface area contributed by atoms with E-state index in [4.69, 9.17) is 0 Å².